The van der Waals surface area contributed by atoms with Crippen LogP contribution in [-0.2, 0) is 11.3 Å². The van der Waals surface area contributed by atoms with E-state index < -0.39 is 0 Å². The Labute approximate surface area is 102 Å². The molecular weight excluding hydrogens is 214 g/mol. The van der Waals surface area contributed by atoms with Crippen molar-refractivity contribution in [1.29, 1.82) is 0 Å². The summed E-state index contributed by atoms with van der Waals surface area (Å²) >= 11 is 0. The van der Waals surface area contributed by atoms with E-state index in [1.807, 2.05) is 6.20 Å². The van der Waals surface area contributed by atoms with Crippen molar-refractivity contribution in [3.05, 3.63) is 18.0 Å². The van der Waals surface area contributed by atoms with Crippen molar-refractivity contribution in [3.8, 4) is 0 Å². The van der Waals surface area contributed by atoms with Gasteiger partial charge < -0.3 is 10.1 Å². The van der Waals surface area contributed by atoms with Crippen molar-refractivity contribution >= 4 is 0 Å². The maximum Gasteiger partial charge on any atom is 0.0553 e. The molecule has 1 spiro atoms. The average Bonchev–Trinajstić information content (AvgIpc) is 2.85. The Bertz CT molecular complexity index is 393. The second-order valence-electron chi connectivity index (χ2n) is 5.87. The molecule has 3 heterocycles. The van der Waals surface area contributed by atoms with E-state index in [9.17, 15) is 0 Å². The summed E-state index contributed by atoms with van der Waals surface area (Å²) < 4.78 is 7.62. The molecule has 4 heteroatoms. The minimum absolute atomic E-state index is 0.353. The second-order valence-corrected chi connectivity index (χ2v) is 5.87. The van der Waals surface area contributed by atoms with Crippen molar-refractivity contribution in [3.63, 3.8) is 0 Å². The Morgan fingerprint density at radius 2 is 2.53 bits per heavy atom. The van der Waals surface area contributed by atoms with Gasteiger partial charge in [0, 0.05) is 42.9 Å². The van der Waals surface area contributed by atoms with Crippen LogP contribution in [0.3, 0.4) is 0 Å². The van der Waals surface area contributed by atoms with Crippen LogP contribution < -0.4 is 5.32 Å². The van der Waals surface area contributed by atoms with Gasteiger partial charge in [-0.1, -0.05) is 13.8 Å². The largest absolute Gasteiger partial charge is 0.381 e. The molecule has 0 radical (unpaired) electrons. The maximum atomic E-state index is 5.56. The Balaban J connectivity index is 1.74. The molecule has 0 saturated carbocycles. The molecule has 2 atom stereocenters. The highest BCUT2D eigenvalue weighted by atomic mass is 16.5. The number of hydrogen-bond donors (Lipinski definition) is 1. The molecule has 1 aromatic heterocycles. The summed E-state index contributed by atoms with van der Waals surface area (Å²) in [5.74, 6) is 0.640. The summed E-state index contributed by atoms with van der Waals surface area (Å²) in [5, 5.41) is 7.98. The van der Waals surface area contributed by atoms with E-state index >= 15 is 0 Å². The van der Waals surface area contributed by atoms with E-state index in [4.69, 9.17) is 4.74 Å². The molecule has 0 amide bonds. The van der Waals surface area contributed by atoms with Crippen LogP contribution in [0.15, 0.2) is 12.4 Å². The van der Waals surface area contributed by atoms with Crippen LogP contribution in [0.5, 0.6) is 0 Å². The first-order valence-electron chi connectivity index (χ1n) is 6.53. The molecule has 4 nitrogen and oxygen atoms in total. The number of nitrogens with one attached hydrogen (secondary N) is 1. The van der Waals surface area contributed by atoms with Crippen LogP contribution in [0.25, 0.3) is 0 Å². The lowest BCUT2D eigenvalue weighted by atomic mass is 9.71. The zero-order valence-corrected chi connectivity index (χ0v) is 10.6. The number of aromatic nitrogens is 2. The van der Waals surface area contributed by atoms with Crippen molar-refractivity contribution in [2.75, 3.05) is 19.8 Å². The molecule has 2 aliphatic heterocycles. The van der Waals surface area contributed by atoms with E-state index in [1.54, 1.807) is 0 Å². The molecule has 0 aliphatic carbocycles. The van der Waals surface area contributed by atoms with Crippen LogP contribution in [0.4, 0.5) is 0 Å². The zero-order valence-electron chi connectivity index (χ0n) is 10.6. The van der Waals surface area contributed by atoms with Crippen molar-refractivity contribution in [1.82, 2.24) is 15.1 Å². The Morgan fingerprint density at radius 3 is 3.12 bits per heavy atom. The Morgan fingerprint density at radius 1 is 1.65 bits per heavy atom. The highest BCUT2D eigenvalue weighted by Gasteiger charge is 2.50. The SMILES string of the molecule is CC(C)Cn1cc([C@H]2NC[C@]23CCOC3)cn1. The van der Waals surface area contributed by atoms with Gasteiger partial charge in [0.2, 0.25) is 0 Å². The van der Waals surface area contributed by atoms with Gasteiger partial charge in [-0.3, -0.25) is 4.68 Å². The zero-order chi connectivity index (χ0) is 11.9. The van der Waals surface area contributed by atoms with Gasteiger partial charge in [0.25, 0.3) is 0 Å². The average molecular weight is 235 g/mol. The number of hydrogen-bond acceptors (Lipinski definition) is 3. The van der Waals surface area contributed by atoms with Gasteiger partial charge in [-0.25, -0.2) is 0 Å². The van der Waals surface area contributed by atoms with E-state index in [-0.39, 0.29) is 0 Å². The lowest BCUT2D eigenvalue weighted by molar-refractivity contribution is 0.0576. The maximum absolute atomic E-state index is 5.56. The summed E-state index contributed by atoms with van der Waals surface area (Å²) in [4.78, 5) is 0. The number of rotatable bonds is 3. The molecule has 2 aliphatic rings. The van der Waals surface area contributed by atoms with Crippen LogP contribution in [0.2, 0.25) is 0 Å². The third-order valence-corrected chi connectivity index (χ3v) is 3.94. The summed E-state index contributed by atoms with van der Waals surface area (Å²) in [6.45, 7) is 8.34. The normalized spacial score (nSPS) is 32.3. The monoisotopic (exact) mass is 235 g/mol. The molecule has 2 saturated heterocycles. The van der Waals surface area contributed by atoms with Gasteiger partial charge in [-0.05, 0) is 12.3 Å². The van der Waals surface area contributed by atoms with E-state index in [2.05, 4.69) is 35.1 Å². The topological polar surface area (TPSA) is 39.1 Å². The molecule has 0 unspecified atom stereocenters. The first-order chi connectivity index (χ1) is 8.20. The quantitative estimate of drug-likeness (QED) is 0.864. The minimum atomic E-state index is 0.353. The highest BCUT2D eigenvalue weighted by Crippen LogP contribution is 2.46. The molecular formula is C13H21N3O. The second kappa shape index (κ2) is 4.10. The Hall–Kier alpha value is -0.870. The molecule has 2 fully saturated rings. The van der Waals surface area contributed by atoms with Gasteiger partial charge in [0.1, 0.15) is 0 Å². The molecule has 0 bridgehead atoms. The van der Waals surface area contributed by atoms with Crippen LogP contribution in [0.1, 0.15) is 31.9 Å². The predicted octanol–water partition coefficient (Wildman–Crippen LogP) is 1.59. The predicted molar refractivity (Wildman–Crippen MR) is 65.7 cm³/mol. The van der Waals surface area contributed by atoms with Gasteiger partial charge in [0.05, 0.1) is 12.8 Å². The summed E-state index contributed by atoms with van der Waals surface area (Å²) in [5.41, 5.74) is 1.67. The van der Waals surface area contributed by atoms with Gasteiger partial charge in [0.15, 0.2) is 0 Å². The van der Waals surface area contributed by atoms with Crippen molar-refractivity contribution in [2.24, 2.45) is 11.3 Å². The first kappa shape index (κ1) is 11.2. The lowest BCUT2D eigenvalue weighted by Gasteiger charge is -2.46. The van der Waals surface area contributed by atoms with Gasteiger partial charge in [-0.2, -0.15) is 5.10 Å². The first-order valence-corrected chi connectivity index (χ1v) is 6.53. The Kier molecular flexibility index (Phi) is 2.71. The van der Waals surface area contributed by atoms with Crippen molar-refractivity contribution < 1.29 is 4.74 Å². The fourth-order valence-electron chi connectivity index (χ4n) is 2.96. The van der Waals surface area contributed by atoms with E-state index in [0.717, 1.165) is 26.3 Å². The summed E-state index contributed by atoms with van der Waals surface area (Å²) in [7, 11) is 0. The van der Waals surface area contributed by atoms with Crippen LogP contribution >= 0.6 is 0 Å². The smallest absolute Gasteiger partial charge is 0.0553 e. The number of nitrogens with zero attached hydrogens (tertiary/aromatic N) is 2. The van der Waals surface area contributed by atoms with E-state index in [0.29, 0.717) is 17.4 Å². The summed E-state index contributed by atoms with van der Waals surface area (Å²) in [6, 6.07) is 0.450. The highest BCUT2D eigenvalue weighted by molar-refractivity contribution is 5.21. The molecule has 1 aromatic rings. The third kappa shape index (κ3) is 1.89. The van der Waals surface area contributed by atoms with Crippen molar-refractivity contribution in [2.45, 2.75) is 32.9 Å². The molecule has 0 aromatic carbocycles. The third-order valence-electron chi connectivity index (χ3n) is 3.94. The molecule has 1 N–H and O–H groups in total. The molecule has 17 heavy (non-hydrogen) atoms. The standard InChI is InChI=1S/C13H21N3O/c1-10(2)6-16-7-11(5-15-16)12-13(8-14-12)3-4-17-9-13/h5,7,10,12,14H,3-4,6,8-9H2,1-2H3/t12-,13+/m1/s1. The van der Waals surface area contributed by atoms with Crippen LogP contribution in [-0.4, -0.2) is 29.5 Å². The molecule has 94 valence electrons. The molecule has 3 rings (SSSR count). The fraction of sp³-hybridized carbons (Fsp3) is 0.769. The van der Waals surface area contributed by atoms with E-state index in [1.165, 1.54) is 12.0 Å². The number of ether oxygens (including phenoxy) is 1. The minimum Gasteiger partial charge on any atom is -0.381 e. The fourth-order valence-corrected chi connectivity index (χ4v) is 2.96. The van der Waals surface area contributed by atoms with Gasteiger partial charge >= 0.3 is 0 Å². The lowest BCUT2D eigenvalue weighted by Crippen LogP contribution is -2.56. The summed E-state index contributed by atoms with van der Waals surface area (Å²) in [6.07, 6.45) is 5.39. The van der Waals surface area contributed by atoms with Crippen LogP contribution in [0, 0.1) is 11.3 Å². The van der Waals surface area contributed by atoms with Gasteiger partial charge in [-0.15, -0.1) is 0 Å².